The third-order valence-corrected chi connectivity index (χ3v) is 5.51. The Morgan fingerprint density at radius 1 is 1.17 bits per heavy atom. The smallest absolute Gasteiger partial charge is 0.330 e. The van der Waals surface area contributed by atoms with Crippen LogP contribution in [0.3, 0.4) is 0 Å². The topological polar surface area (TPSA) is 85.4 Å². The van der Waals surface area contributed by atoms with Crippen LogP contribution in [0.5, 0.6) is 11.5 Å². The summed E-state index contributed by atoms with van der Waals surface area (Å²) in [5.74, 6) is 1.16. The first-order chi connectivity index (χ1) is 13.9. The SMILES string of the molecule is Cc1c[nH]c(=O)n1-c1ccc(C(=O)NC(C)c2cc3c(cc2Br)OCCO3)cc1. The van der Waals surface area contributed by atoms with Gasteiger partial charge in [0.25, 0.3) is 5.91 Å². The Morgan fingerprint density at radius 3 is 2.45 bits per heavy atom. The Kier molecular flexibility index (Phi) is 5.19. The second kappa shape index (κ2) is 7.79. The first kappa shape index (κ1) is 19.3. The highest BCUT2D eigenvalue weighted by atomic mass is 79.9. The van der Waals surface area contributed by atoms with Crippen molar-refractivity contribution in [3.63, 3.8) is 0 Å². The molecule has 1 unspecified atom stereocenters. The molecule has 29 heavy (non-hydrogen) atoms. The summed E-state index contributed by atoms with van der Waals surface area (Å²) in [4.78, 5) is 27.3. The van der Waals surface area contributed by atoms with Crippen LogP contribution in [0.15, 0.2) is 51.9 Å². The number of aryl methyl sites for hydroxylation is 1. The molecule has 0 fully saturated rings. The molecule has 1 aromatic heterocycles. The summed E-state index contributed by atoms with van der Waals surface area (Å²) in [6.45, 7) is 4.77. The van der Waals surface area contributed by atoms with Gasteiger partial charge >= 0.3 is 5.69 Å². The number of aromatic amines is 1. The highest BCUT2D eigenvalue weighted by Gasteiger charge is 2.20. The molecule has 2 heterocycles. The molecule has 1 aliphatic heterocycles. The van der Waals surface area contributed by atoms with Gasteiger partial charge in [-0.2, -0.15) is 0 Å². The maximum absolute atomic E-state index is 12.7. The fourth-order valence-electron chi connectivity index (χ4n) is 3.31. The minimum atomic E-state index is -0.248. The van der Waals surface area contributed by atoms with Gasteiger partial charge in [-0.05, 0) is 55.8 Å². The molecule has 1 aliphatic rings. The number of H-pyrrole nitrogens is 1. The molecular weight excluding hydrogens is 438 g/mol. The predicted octanol–water partition coefficient (Wildman–Crippen LogP) is 3.50. The van der Waals surface area contributed by atoms with E-state index in [-0.39, 0.29) is 17.6 Å². The van der Waals surface area contributed by atoms with Crippen LogP contribution in [0, 0.1) is 6.92 Å². The average Bonchev–Trinajstić information content (AvgIpc) is 3.05. The Labute approximate surface area is 175 Å². The Bertz CT molecular complexity index is 1120. The summed E-state index contributed by atoms with van der Waals surface area (Å²) in [7, 11) is 0. The minimum absolute atomic E-state index is 0.205. The van der Waals surface area contributed by atoms with Gasteiger partial charge < -0.3 is 19.8 Å². The number of nitrogens with one attached hydrogen (secondary N) is 2. The molecule has 3 aromatic rings. The van der Waals surface area contributed by atoms with E-state index in [1.54, 1.807) is 35.0 Å². The van der Waals surface area contributed by atoms with Crippen molar-refractivity contribution in [1.29, 1.82) is 0 Å². The Balaban J connectivity index is 1.51. The first-order valence-electron chi connectivity index (χ1n) is 9.21. The number of rotatable bonds is 4. The molecule has 0 radical (unpaired) electrons. The largest absolute Gasteiger partial charge is 0.486 e. The lowest BCUT2D eigenvalue weighted by atomic mass is 10.1. The molecule has 0 aliphatic carbocycles. The molecule has 4 rings (SSSR count). The summed E-state index contributed by atoms with van der Waals surface area (Å²) in [5.41, 5.74) is 2.69. The number of aromatic nitrogens is 2. The van der Waals surface area contributed by atoms with Crippen LogP contribution < -0.4 is 20.5 Å². The zero-order valence-corrected chi connectivity index (χ0v) is 17.6. The van der Waals surface area contributed by atoms with Crippen molar-refractivity contribution in [3.8, 4) is 17.2 Å². The number of hydrogen-bond donors (Lipinski definition) is 2. The molecule has 150 valence electrons. The molecule has 1 atom stereocenters. The fourth-order valence-corrected chi connectivity index (χ4v) is 3.97. The van der Waals surface area contributed by atoms with Crippen molar-refractivity contribution in [1.82, 2.24) is 14.9 Å². The van der Waals surface area contributed by atoms with E-state index in [0.717, 1.165) is 15.7 Å². The zero-order chi connectivity index (χ0) is 20.5. The summed E-state index contributed by atoms with van der Waals surface area (Å²) < 4.78 is 13.6. The molecule has 7 nitrogen and oxygen atoms in total. The van der Waals surface area contributed by atoms with E-state index in [9.17, 15) is 9.59 Å². The lowest BCUT2D eigenvalue weighted by Crippen LogP contribution is -2.27. The lowest BCUT2D eigenvalue weighted by molar-refractivity contribution is 0.0939. The number of halogens is 1. The van der Waals surface area contributed by atoms with Gasteiger partial charge in [0.15, 0.2) is 11.5 Å². The van der Waals surface area contributed by atoms with E-state index in [1.165, 1.54) is 0 Å². The average molecular weight is 458 g/mol. The molecule has 1 amide bonds. The van der Waals surface area contributed by atoms with Crippen molar-refractivity contribution in [2.75, 3.05) is 13.2 Å². The van der Waals surface area contributed by atoms with Gasteiger partial charge in [-0.1, -0.05) is 15.9 Å². The molecule has 0 bridgehead atoms. The highest BCUT2D eigenvalue weighted by molar-refractivity contribution is 9.10. The van der Waals surface area contributed by atoms with Crippen molar-refractivity contribution in [2.24, 2.45) is 0 Å². The van der Waals surface area contributed by atoms with Gasteiger partial charge in [-0.3, -0.25) is 9.36 Å². The normalized spacial score (nSPS) is 13.8. The van der Waals surface area contributed by atoms with Crippen molar-refractivity contribution >= 4 is 21.8 Å². The van der Waals surface area contributed by atoms with Crippen LogP contribution in [-0.4, -0.2) is 28.7 Å². The number of ether oxygens (including phenoxy) is 2. The van der Waals surface area contributed by atoms with Crippen LogP contribution in [0.1, 0.15) is 34.6 Å². The number of amides is 1. The molecule has 0 spiro atoms. The quantitative estimate of drug-likeness (QED) is 0.627. The molecule has 8 heteroatoms. The number of imidazole rings is 1. The molecule has 2 aromatic carbocycles. The fraction of sp³-hybridized carbons (Fsp3) is 0.238. The molecule has 0 saturated carbocycles. The van der Waals surface area contributed by atoms with E-state index >= 15 is 0 Å². The summed E-state index contributed by atoms with van der Waals surface area (Å²) in [5, 5.41) is 3.00. The second-order valence-corrected chi connectivity index (χ2v) is 7.68. The van der Waals surface area contributed by atoms with E-state index in [0.29, 0.717) is 36.0 Å². The number of nitrogens with zero attached hydrogens (tertiary/aromatic N) is 1. The Morgan fingerprint density at radius 2 is 1.83 bits per heavy atom. The predicted molar refractivity (Wildman–Crippen MR) is 112 cm³/mol. The van der Waals surface area contributed by atoms with Crippen LogP contribution >= 0.6 is 15.9 Å². The first-order valence-corrected chi connectivity index (χ1v) is 10.0. The minimum Gasteiger partial charge on any atom is -0.486 e. The van der Waals surface area contributed by atoms with Gasteiger partial charge in [0.05, 0.1) is 11.7 Å². The van der Waals surface area contributed by atoms with Crippen LogP contribution in [0.4, 0.5) is 0 Å². The van der Waals surface area contributed by atoms with Gasteiger partial charge in [0, 0.05) is 21.9 Å². The molecular formula is C21H20BrN3O4. The van der Waals surface area contributed by atoms with E-state index in [2.05, 4.69) is 26.2 Å². The van der Waals surface area contributed by atoms with Crippen molar-refractivity contribution in [2.45, 2.75) is 19.9 Å². The summed E-state index contributed by atoms with van der Waals surface area (Å²) in [6, 6.07) is 10.4. The zero-order valence-electron chi connectivity index (χ0n) is 16.0. The Hall–Kier alpha value is -3.00. The molecule has 0 saturated heterocycles. The lowest BCUT2D eigenvalue weighted by Gasteiger charge is -2.22. The molecule has 2 N–H and O–H groups in total. The van der Waals surface area contributed by atoms with Crippen LogP contribution in [0.25, 0.3) is 5.69 Å². The van der Waals surface area contributed by atoms with E-state index < -0.39 is 0 Å². The van der Waals surface area contributed by atoms with Gasteiger partial charge in [0.2, 0.25) is 0 Å². The maximum atomic E-state index is 12.7. The van der Waals surface area contributed by atoms with E-state index in [4.69, 9.17) is 9.47 Å². The van der Waals surface area contributed by atoms with Gasteiger partial charge in [0.1, 0.15) is 13.2 Å². The number of hydrogen-bond acceptors (Lipinski definition) is 4. The van der Waals surface area contributed by atoms with E-state index in [1.807, 2.05) is 26.0 Å². The third kappa shape index (κ3) is 3.80. The van der Waals surface area contributed by atoms with Gasteiger partial charge in [-0.25, -0.2) is 4.79 Å². The maximum Gasteiger partial charge on any atom is 0.330 e. The number of carbonyl (C=O) groups excluding carboxylic acids is 1. The summed E-state index contributed by atoms with van der Waals surface area (Å²) >= 11 is 3.55. The highest BCUT2D eigenvalue weighted by Crippen LogP contribution is 2.37. The van der Waals surface area contributed by atoms with Crippen molar-refractivity contribution < 1.29 is 14.3 Å². The second-order valence-electron chi connectivity index (χ2n) is 6.83. The summed E-state index contributed by atoms with van der Waals surface area (Å²) in [6.07, 6.45) is 1.65. The number of carbonyl (C=O) groups is 1. The standard InChI is InChI=1S/C21H20BrN3O4/c1-12-11-23-21(27)25(12)15-5-3-14(4-6-15)20(26)24-13(2)16-9-18-19(10-17(16)22)29-8-7-28-18/h3-6,9-11,13H,7-8H2,1-2H3,(H,23,27)(H,24,26). The van der Waals surface area contributed by atoms with Crippen molar-refractivity contribution in [3.05, 3.63) is 74.4 Å². The monoisotopic (exact) mass is 457 g/mol. The van der Waals surface area contributed by atoms with Crippen LogP contribution in [0.2, 0.25) is 0 Å². The third-order valence-electron chi connectivity index (χ3n) is 4.82. The van der Waals surface area contributed by atoms with Crippen LogP contribution in [-0.2, 0) is 0 Å². The number of benzene rings is 2. The van der Waals surface area contributed by atoms with Gasteiger partial charge in [-0.15, -0.1) is 0 Å². The number of fused-ring (bicyclic) bond motifs is 1.